The molecular formula is C28H35N5O2. The summed E-state index contributed by atoms with van der Waals surface area (Å²) in [5.41, 5.74) is 3.22. The fourth-order valence-electron chi connectivity index (χ4n) is 5.96. The molecule has 2 aromatic carbocycles. The van der Waals surface area contributed by atoms with Crippen molar-refractivity contribution in [3.05, 3.63) is 66.0 Å². The van der Waals surface area contributed by atoms with Gasteiger partial charge >= 0.3 is 0 Å². The molecule has 3 aromatic rings. The molecule has 3 heterocycles. The van der Waals surface area contributed by atoms with Gasteiger partial charge in [0.25, 0.3) is 0 Å². The van der Waals surface area contributed by atoms with E-state index >= 15 is 0 Å². The number of hydrogen-bond acceptors (Lipinski definition) is 4. The van der Waals surface area contributed by atoms with Crippen molar-refractivity contribution in [2.75, 3.05) is 26.2 Å². The Balaban J connectivity index is 1.27. The Morgan fingerprint density at radius 3 is 2.66 bits per heavy atom. The minimum absolute atomic E-state index is 0.0324. The summed E-state index contributed by atoms with van der Waals surface area (Å²) < 4.78 is 0. The maximum absolute atomic E-state index is 13.0. The van der Waals surface area contributed by atoms with Crippen molar-refractivity contribution in [2.45, 2.75) is 57.0 Å². The second-order valence-corrected chi connectivity index (χ2v) is 9.87. The molecule has 2 amide bonds. The maximum atomic E-state index is 13.0. The van der Waals surface area contributed by atoms with Gasteiger partial charge in [0.1, 0.15) is 5.82 Å². The smallest absolute Gasteiger partial charge is 0.234 e. The number of carbonyl (C=O) groups excluding carboxylic acids is 2. The fourth-order valence-corrected chi connectivity index (χ4v) is 5.96. The molecular weight excluding hydrogens is 438 g/mol. The van der Waals surface area contributed by atoms with E-state index < -0.39 is 0 Å². The number of aromatic amines is 1. The van der Waals surface area contributed by atoms with Gasteiger partial charge in [0.05, 0.1) is 23.6 Å². The molecule has 2 aliphatic rings. The normalized spacial score (nSPS) is 23.0. The highest BCUT2D eigenvalue weighted by atomic mass is 16.2. The number of nitrogens with zero attached hydrogens (tertiary/aromatic N) is 3. The molecule has 2 saturated heterocycles. The van der Waals surface area contributed by atoms with Crippen molar-refractivity contribution in [3.63, 3.8) is 0 Å². The molecule has 0 aliphatic carbocycles. The van der Waals surface area contributed by atoms with E-state index in [-0.39, 0.29) is 29.8 Å². The number of rotatable bonds is 6. The number of carbonyl (C=O) groups is 2. The number of H-pyrrole nitrogens is 1. The Bertz CT molecular complexity index is 1130. The van der Waals surface area contributed by atoms with E-state index in [0.29, 0.717) is 19.5 Å². The molecule has 184 valence electrons. The summed E-state index contributed by atoms with van der Waals surface area (Å²) in [4.78, 5) is 38.0. The van der Waals surface area contributed by atoms with Gasteiger partial charge in [-0.05, 0) is 30.5 Å². The van der Waals surface area contributed by atoms with Crippen LogP contribution in [0.3, 0.4) is 0 Å². The number of hydrogen-bond donors (Lipinski definition) is 2. The van der Waals surface area contributed by atoms with E-state index in [4.69, 9.17) is 0 Å². The van der Waals surface area contributed by atoms with Gasteiger partial charge in [-0.3, -0.25) is 14.5 Å². The lowest BCUT2D eigenvalue weighted by molar-refractivity contribution is -0.132. The summed E-state index contributed by atoms with van der Waals surface area (Å²) in [6.07, 6.45) is 4.99. The summed E-state index contributed by atoms with van der Waals surface area (Å²) in [5.74, 6) is 1.27. The number of benzene rings is 2. The number of amides is 2. The molecule has 0 spiro atoms. The predicted molar refractivity (Wildman–Crippen MR) is 137 cm³/mol. The van der Waals surface area contributed by atoms with Crippen LogP contribution < -0.4 is 5.32 Å². The summed E-state index contributed by atoms with van der Waals surface area (Å²) >= 11 is 0. The molecule has 0 bridgehead atoms. The van der Waals surface area contributed by atoms with Crippen molar-refractivity contribution in [2.24, 2.45) is 0 Å². The van der Waals surface area contributed by atoms with Crippen LogP contribution in [0.4, 0.5) is 0 Å². The molecule has 35 heavy (non-hydrogen) atoms. The van der Waals surface area contributed by atoms with E-state index in [1.165, 1.54) is 5.56 Å². The van der Waals surface area contributed by atoms with Gasteiger partial charge in [-0.25, -0.2) is 4.98 Å². The second kappa shape index (κ2) is 10.6. The van der Waals surface area contributed by atoms with Crippen LogP contribution in [0.2, 0.25) is 0 Å². The van der Waals surface area contributed by atoms with Gasteiger partial charge in [-0.15, -0.1) is 0 Å². The minimum Gasteiger partial charge on any atom is -0.355 e. The Labute approximate surface area is 206 Å². The molecule has 2 N–H and O–H groups in total. The molecule has 2 aliphatic heterocycles. The van der Waals surface area contributed by atoms with E-state index in [0.717, 1.165) is 55.6 Å². The van der Waals surface area contributed by atoms with Crippen molar-refractivity contribution in [3.8, 4) is 0 Å². The van der Waals surface area contributed by atoms with Crippen LogP contribution in [0.1, 0.15) is 49.9 Å². The molecule has 1 aromatic heterocycles. The standard InChI is InChI=1S/C28H35N5O2/c1-20(34)33-17-9-3-6-14-25-28(33)22(21-10-4-2-5-11-21)18-32(25)19-27(35)29-16-15-26-30-23-12-7-8-13-24(23)31-26/h2,4-5,7-8,10-13,22,25,28H,3,6,9,14-19H2,1H3,(H,29,35)(H,30,31)/t22-,25-,28-/m0/s1. The van der Waals surface area contributed by atoms with Gasteiger partial charge in [0.15, 0.2) is 0 Å². The van der Waals surface area contributed by atoms with E-state index in [9.17, 15) is 9.59 Å². The lowest BCUT2D eigenvalue weighted by atomic mass is 9.87. The Morgan fingerprint density at radius 1 is 1.06 bits per heavy atom. The Morgan fingerprint density at radius 2 is 1.86 bits per heavy atom. The minimum atomic E-state index is 0.0324. The summed E-state index contributed by atoms with van der Waals surface area (Å²) in [5, 5.41) is 3.09. The third-order valence-electron chi connectivity index (χ3n) is 7.57. The predicted octanol–water partition coefficient (Wildman–Crippen LogP) is 3.48. The van der Waals surface area contributed by atoms with E-state index in [1.54, 1.807) is 6.92 Å². The number of imidazole rings is 1. The molecule has 7 nitrogen and oxygen atoms in total. The SMILES string of the molecule is CC(=O)N1CCCCC[C@H]2[C@@H]1[C@H](c1ccccc1)CN2CC(=O)NCCc1nc2ccccc2[nH]1. The number of para-hydroxylation sites is 2. The number of fused-ring (bicyclic) bond motifs is 2. The van der Waals surface area contributed by atoms with Crippen LogP contribution in [-0.4, -0.2) is 69.8 Å². The quantitative estimate of drug-likeness (QED) is 0.574. The lowest BCUT2D eigenvalue weighted by Gasteiger charge is -2.38. The van der Waals surface area contributed by atoms with Crippen molar-refractivity contribution < 1.29 is 9.59 Å². The average Bonchev–Trinajstić information content (AvgIpc) is 3.40. The first-order valence-electron chi connectivity index (χ1n) is 12.9. The van der Waals surface area contributed by atoms with Crippen molar-refractivity contribution >= 4 is 22.8 Å². The van der Waals surface area contributed by atoms with Gasteiger partial charge in [0, 0.05) is 44.9 Å². The van der Waals surface area contributed by atoms with E-state index in [1.807, 2.05) is 30.3 Å². The van der Waals surface area contributed by atoms with Gasteiger partial charge in [0.2, 0.25) is 11.8 Å². The summed E-state index contributed by atoms with van der Waals surface area (Å²) in [7, 11) is 0. The molecule has 7 heteroatoms. The topological polar surface area (TPSA) is 81.3 Å². The number of likely N-dealkylation sites (tertiary alicyclic amines) is 2. The zero-order valence-corrected chi connectivity index (χ0v) is 20.5. The maximum Gasteiger partial charge on any atom is 0.234 e. The largest absolute Gasteiger partial charge is 0.355 e. The fraction of sp³-hybridized carbons (Fsp3) is 0.464. The Hall–Kier alpha value is -3.19. The molecule has 2 fully saturated rings. The lowest BCUT2D eigenvalue weighted by Crippen LogP contribution is -2.51. The first-order valence-corrected chi connectivity index (χ1v) is 12.9. The first kappa shape index (κ1) is 23.5. The van der Waals surface area contributed by atoms with Crippen LogP contribution in [0.25, 0.3) is 11.0 Å². The average molecular weight is 474 g/mol. The van der Waals surface area contributed by atoms with E-state index in [2.05, 4.69) is 49.4 Å². The zero-order chi connectivity index (χ0) is 24.2. The molecule has 5 rings (SSSR count). The van der Waals surface area contributed by atoms with Gasteiger partial charge in [-0.1, -0.05) is 55.3 Å². The van der Waals surface area contributed by atoms with Crippen molar-refractivity contribution in [1.29, 1.82) is 0 Å². The molecule has 0 saturated carbocycles. The second-order valence-electron chi connectivity index (χ2n) is 9.87. The molecule has 0 radical (unpaired) electrons. The highest BCUT2D eigenvalue weighted by molar-refractivity contribution is 5.78. The van der Waals surface area contributed by atoms with Crippen LogP contribution >= 0.6 is 0 Å². The number of nitrogens with one attached hydrogen (secondary N) is 2. The monoisotopic (exact) mass is 473 g/mol. The molecule has 3 atom stereocenters. The summed E-state index contributed by atoms with van der Waals surface area (Å²) in [6, 6.07) is 18.8. The van der Waals surface area contributed by atoms with Gasteiger partial charge in [-0.2, -0.15) is 0 Å². The highest BCUT2D eigenvalue weighted by Crippen LogP contribution is 2.39. The zero-order valence-electron chi connectivity index (χ0n) is 20.5. The summed E-state index contributed by atoms with van der Waals surface area (Å²) in [6.45, 7) is 4.18. The Kier molecular flexibility index (Phi) is 7.13. The van der Waals surface area contributed by atoms with Gasteiger partial charge < -0.3 is 15.2 Å². The highest BCUT2D eigenvalue weighted by Gasteiger charge is 2.46. The molecule has 0 unspecified atom stereocenters. The first-order chi connectivity index (χ1) is 17.1. The third-order valence-corrected chi connectivity index (χ3v) is 7.57. The van der Waals surface area contributed by atoms with Crippen LogP contribution in [-0.2, 0) is 16.0 Å². The third kappa shape index (κ3) is 5.25. The van der Waals surface area contributed by atoms with Crippen LogP contribution in [0, 0.1) is 0 Å². The number of aromatic nitrogens is 2. The van der Waals surface area contributed by atoms with Crippen LogP contribution in [0.5, 0.6) is 0 Å². The van der Waals surface area contributed by atoms with Crippen molar-refractivity contribution in [1.82, 2.24) is 25.1 Å². The van der Waals surface area contributed by atoms with Crippen LogP contribution in [0.15, 0.2) is 54.6 Å².